The van der Waals surface area contributed by atoms with Gasteiger partial charge in [-0.25, -0.2) is 4.98 Å². The van der Waals surface area contributed by atoms with Gasteiger partial charge in [0.2, 0.25) is 0 Å². The molecule has 0 unspecified atom stereocenters. The molecule has 0 saturated carbocycles. The van der Waals surface area contributed by atoms with Crippen LogP contribution in [0.25, 0.3) is 10.9 Å². The van der Waals surface area contributed by atoms with E-state index in [0.29, 0.717) is 0 Å². The number of hydrogen-bond acceptors (Lipinski definition) is 3. The van der Waals surface area contributed by atoms with E-state index in [4.69, 9.17) is 9.72 Å². The lowest BCUT2D eigenvalue weighted by Crippen LogP contribution is -1.99. The van der Waals surface area contributed by atoms with Crippen LogP contribution < -0.4 is 4.74 Å². The minimum atomic E-state index is 0.737. The highest BCUT2D eigenvalue weighted by atomic mass is 32.2. The van der Waals surface area contributed by atoms with Crippen LogP contribution in [0, 0.1) is 27.7 Å². The first-order valence-electron chi connectivity index (χ1n) is 8.74. The summed E-state index contributed by atoms with van der Waals surface area (Å²) in [6, 6.07) is 14.8. The van der Waals surface area contributed by atoms with Gasteiger partial charge < -0.3 is 4.74 Å². The largest absolute Gasteiger partial charge is 0.494 e. The molecule has 2 nitrogen and oxygen atoms in total. The van der Waals surface area contributed by atoms with E-state index in [-0.39, 0.29) is 0 Å². The van der Waals surface area contributed by atoms with Gasteiger partial charge >= 0.3 is 0 Å². The first-order chi connectivity index (χ1) is 12.0. The highest BCUT2D eigenvalue weighted by Gasteiger charge is 2.07. The first kappa shape index (κ1) is 17.8. The van der Waals surface area contributed by atoms with Crippen LogP contribution in [0.3, 0.4) is 0 Å². The number of benzene rings is 2. The van der Waals surface area contributed by atoms with Crippen LogP contribution in [-0.4, -0.2) is 17.3 Å². The van der Waals surface area contributed by atoms with Crippen molar-refractivity contribution >= 4 is 22.7 Å². The molecule has 0 amide bonds. The van der Waals surface area contributed by atoms with E-state index >= 15 is 0 Å². The maximum Gasteiger partial charge on any atom is 0.119 e. The molecule has 1 heterocycles. The zero-order valence-electron chi connectivity index (χ0n) is 15.4. The molecule has 1 aromatic heterocycles. The van der Waals surface area contributed by atoms with Gasteiger partial charge in [-0.3, -0.25) is 0 Å². The lowest BCUT2D eigenvalue weighted by molar-refractivity contribution is 0.318. The van der Waals surface area contributed by atoms with Gasteiger partial charge in [0.15, 0.2) is 0 Å². The number of nitrogens with zero attached hydrogens (tertiary/aromatic N) is 1. The molecule has 25 heavy (non-hydrogen) atoms. The number of ether oxygens (including phenoxy) is 1. The van der Waals surface area contributed by atoms with Crippen LogP contribution in [0.2, 0.25) is 0 Å². The zero-order valence-corrected chi connectivity index (χ0v) is 16.2. The maximum atomic E-state index is 5.82. The van der Waals surface area contributed by atoms with Crippen molar-refractivity contribution in [1.82, 2.24) is 4.98 Å². The molecular weight excluding hydrogens is 326 g/mol. The number of aromatic nitrogens is 1. The smallest absolute Gasteiger partial charge is 0.119 e. The average Bonchev–Trinajstić information content (AvgIpc) is 2.56. The number of thioether (sulfide) groups is 1. The Labute approximate surface area is 154 Å². The normalized spacial score (nSPS) is 11.0. The van der Waals surface area contributed by atoms with E-state index in [1.54, 1.807) is 0 Å². The fourth-order valence-electron chi connectivity index (χ4n) is 3.02. The quantitative estimate of drug-likeness (QED) is 0.400. The molecule has 0 fully saturated rings. The Morgan fingerprint density at radius 1 is 0.920 bits per heavy atom. The summed E-state index contributed by atoms with van der Waals surface area (Å²) in [6.07, 6.45) is 1.00. The van der Waals surface area contributed by atoms with Crippen LogP contribution in [-0.2, 0) is 0 Å². The number of fused-ring (bicyclic) bond motifs is 1. The molecule has 0 aliphatic heterocycles. The fourth-order valence-corrected chi connectivity index (χ4v) is 3.91. The van der Waals surface area contributed by atoms with E-state index in [1.807, 2.05) is 23.9 Å². The minimum absolute atomic E-state index is 0.737. The van der Waals surface area contributed by atoms with E-state index in [9.17, 15) is 0 Å². The van der Waals surface area contributed by atoms with Crippen molar-refractivity contribution < 1.29 is 4.74 Å². The van der Waals surface area contributed by atoms with Gasteiger partial charge in [0.25, 0.3) is 0 Å². The van der Waals surface area contributed by atoms with Gasteiger partial charge in [0.05, 0.1) is 17.1 Å². The lowest BCUT2D eigenvalue weighted by Gasteiger charge is -2.10. The molecule has 3 heteroatoms. The Balaban J connectivity index is 1.58. The Morgan fingerprint density at radius 3 is 2.56 bits per heavy atom. The van der Waals surface area contributed by atoms with Crippen LogP contribution in [0.1, 0.15) is 28.7 Å². The summed E-state index contributed by atoms with van der Waals surface area (Å²) in [5, 5.41) is 2.37. The third kappa shape index (κ3) is 4.55. The van der Waals surface area contributed by atoms with Crippen molar-refractivity contribution in [1.29, 1.82) is 0 Å². The summed E-state index contributed by atoms with van der Waals surface area (Å²) < 4.78 is 5.82. The second kappa shape index (κ2) is 7.92. The SMILES string of the molecule is Cc1cccc(OCCCSc2cc(C)c3cc(C)cc(C)c3n2)c1. The van der Waals surface area contributed by atoms with Gasteiger partial charge in [-0.15, -0.1) is 11.8 Å². The molecule has 2 aromatic carbocycles. The highest BCUT2D eigenvalue weighted by molar-refractivity contribution is 7.99. The summed E-state index contributed by atoms with van der Waals surface area (Å²) >= 11 is 1.81. The molecule has 0 saturated heterocycles. The molecular formula is C22H25NOS. The van der Waals surface area contributed by atoms with Crippen molar-refractivity contribution in [2.24, 2.45) is 0 Å². The summed E-state index contributed by atoms with van der Waals surface area (Å²) in [7, 11) is 0. The second-order valence-electron chi connectivity index (χ2n) is 6.62. The van der Waals surface area contributed by atoms with Crippen LogP contribution in [0.4, 0.5) is 0 Å². The van der Waals surface area contributed by atoms with Gasteiger partial charge in [-0.1, -0.05) is 23.8 Å². The van der Waals surface area contributed by atoms with Crippen LogP contribution in [0.5, 0.6) is 5.75 Å². The predicted octanol–water partition coefficient (Wildman–Crippen LogP) is 6.03. The summed E-state index contributed by atoms with van der Waals surface area (Å²) in [4.78, 5) is 4.87. The Hall–Kier alpha value is -2.00. The fraction of sp³-hybridized carbons (Fsp3) is 0.318. The van der Waals surface area contributed by atoms with Gasteiger partial charge in [-0.2, -0.15) is 0 Å². The summed E-state index contributed by atoms with van der Waals surface area (Å²) in [5.74, 6) is 1.96. The maximum absolute atomic E-state index is 5.82. The van der Waals surface area contributed by atoms with Crippen molar-refractivity contribution in [2.75, 3.05) is 12.4 Å². The highest BCUT2D eigenvalue weighted by Crippen LogP contribution is 2.27. The monoisotopic (exact) mass is 351 g/mol. The van der Waals surface area contributed by atoms with E-state index in [0.717, 1.165) is 35.1 Å². The molecule has 3 rings (SSSR count). The molecule has 0 aliphatic carbocycles. The minimum Gasteiger partial charge on any atom is -0.494 e. The van der Waals surface area contributed by atoms with E-state index < -0.39 is 0 Å². The number of pyridine rings is 1. The Bertz CT molecular complexity index is 889. The first-order valence-corrected chi connectivity index (χ1v) is 9.72. The molecule has 130 valence electrons. The number of hydrogen-bond donors (Lipinski definition) is 0. The Kier molecular flexibility index (Phi) is 5.64. The third-order valence-corrected chi connectivity index (χ3v) is 5.23. The second-order valence-corrected chi connectivity index (χ2v) is 7.74. The zero-order chi connectivity index (χ0) is 17.8. The number of rotatable bonds is 6. The Morgan fingerprint density at radius 2 is 1.76 bits per heavy atom. The molecule has 0 spiro atoms. The van der Waals surface area contributed by atoms with Gasteiger partial charge in [0.1, 0.15) is 5.75 Å². The molecule has 0 N–H and O–H groups in total. The average molecular weight is 352 g/mol. The van der Waals surface area contributed by atoms with Crippen molar-refractivity contribution in [3.63, 3.8) is 0 Å². The van der Waals surface area contributed by atoms with Gasteiger partial charge in [-0.05, 0) is 75.1 Å². The standard InChI is InChI=1S/C22H25NOS/c1-15-7-5-8-19(12-15)24-9-6-10-25-21-14-17(3)20-13-16(2)11-18(4)22(20)23-21/h5,7-8,11-14H,6,9-10H2,1-4H3. The van der Waals surface area contributed by atoms with Crippen LogP contribution in [0.15, 0.2) is 47.5 Å². The molecule has 0 bridgehead atoms. The van der Waals surface area contributed by atoms with Crippen molar-refractivity contribution in [3.05, 3.63) is 64.7 Å². The molecule has 0 radical (unpaired) electrons. The lowest BCUT2D eigenvalue weighted by atomic mass is 10.0. The van der Waals surface area contributed by atoms with E-state index in [2.05, 4.69) is 58.0 Å². The summed E-state index contributed by atoms with van der Waals surface area (Å²) in [5.41, 5.74) is 6.21. The van der Waals surface area contributed by atoms with Crippen molar-refractivity contribution in [3.8, 4) is 5.75 Å². The van der Waals surface area contributed by atoms with Crippen molar-refractivity contribution in [2.45, 2.75) is 39.1 Å². The summed E-state index contributed by atoms with van der Waals surface area (Å²) in [6.45, 7) is 9.28. The number of aryl methyl sites for hydroxylation is 4. The van der Waals surface area contributed by atoms with E-state index in [1.165, 1.54) is 27.6 Å². The van der Waals surface area contributed by atoms with Gasteiger partial charge in [0, 0.05) is 11.1 Å². The molecule has 0 atom stereocenters. The predicted molar refractivity (Wildman–Crippen MR) is 108 cm³/mol. The third-order valence-electron chi connectivity index (χ3n) is 4.23. The molecule has 0 aliphatic rings. The van der Waals surface area contributed by atoms with Crippen LogP contribution >= 0.6 is 11.8 Å². The molecule has 3 aromatic rings. The topological polar surface area (TPSA) is 22.1 Å².